The van der Waals surface area contributed by atoms with Crippen LogP contribution >= 0.6 is 22.9 Å². The summed E-state index contributed by atoms with van der Waals surface area (Å²) >= 11 is 7.05. The smallest absolute Gasteiger partial charge is 0.360 e. The third-order valence-electron chi connectivity index (χ3n) is 4.82. The largest absolute Gasteiger partial charge is 0.478 e. The van der Waals surface area contributed by atoms with Gasteiger partial charge in [-0.15, -0.1) is 11.3 Å². The first-order valence-electron chi connectivity index (χ1n) is 8.28. The minimum atomic E-state index is -2.72. The van der Waals surface area contributed by atoms with Crippen molar-refractivity contribution in [2.24, 2.45) is 4.99 Å². The fourth-order valence-corrected chi connectivity index (χ4v) is 4.58. The maximum Gasteiger partial charge on any atom is 0.360 e. The highest BCUT2D eigenvalue weighted by Gasteiger charge is 2.66. The van der Waals surface area contributed by atoms with Crippen LogP contribution in [-0.4, -0.2) is 43.5 Å². The summed E-state index contributed by atoms with van der Waals surface area (Å²) in [5, 5.41) is 21.3. The normalized spacial score (nSPS) is 26.1. The molecular formula is C19H14ClN3O4S. The highest BCUT2D eigenvalue weighted by atomic mass is 35.5. The van der Waals surface area contributed by atoms with Crippen LogP contribution in [0.1, 0.15) is 10.4 Å². The molecule has 0 spiro atoms. The number of amides is 1. The minimum absolute atomic E-state index is 0.0614. The molecule has 2 unspecified atom stereocenters. The molecule has 1 amide bonds. The van der Waals surface area contributed by atoms with Gasteiger partial charge in [-0.3, -0.25) is 9.69 Å². The standard InChI is InChI=1S/C19H14ClN3O4S/c20-17-21-11-13(28-17)10-18(12-6-2-1-3-7-12)15(24)23-9-5-4-8-14(23)22-19(18,27)16(25)26/h1-9,11,27H,10H2,(H,25,26). The Morgan fingerprint density at radius 3 is 2.64 bits per heavy atom. The molecule has 28 heavy (non-hydrogen) atoms. The van der Waals surface area contributed by atoms with E-state index in [9.17, 15) is 19.8 Å². The number of hydrogen-bond donors (Lipinski definition) is 2. The zero-order chi connectivity index (χ0) is 19.9. The van der Waals surface area contributed by atoms with E-state index in [1.807, 2.05) is 0 Å². The Bertz CT molecular complexity index is 1050. The third kappa shape index (κ3) is 2.61. The number of halogens is 1. The van der Waals surface area contributed by atoms with Crippen molar-refractivity contribution in [1.29, 1.82) is 0 Å². The summed E-state index contributed by atoms with van der Waals surface area (Å²) in [6, 6.07) is 8.32. The van der Waals surface area contributed by atoms with Gasteiger partial charge in [0.1, 0.15) is 11.3 Å². The van der Waals surface area contributed by atoms with Gasteiger partial charge in [-0.1, -0.05) is 48.0 Å². The second-order valence-corrected chi connectivity index (χ2v) is 8.05. The lowest BCUT2D eigenvalue weighted by atomic mass is 9.66. The number of amidine groups is 1. The number of benzene rings is 1. The number of hydrogen-bond acceptors (Lipinski definition) is 6. The molecule has 1 aromatic heterocycles. The molecular weight excluding hydrogens is 402 g/mol. The molecule has 0 bridgehead atoms. The topological polar surface area (TPSA) is 103 Å². The third-order valence-corrected chi connectivity index (χ3v) is 5.94. The zero-order valence-electron chi connectivity index (χ0n) is 14.3. The van der Waals surface area contributed by atoms with E-state index < -0.39 is 23.0 Å². The molecule has 2 aromatic rings. The number of carbonyl (C=O) groups excluding carboxylic acids is 1. The molecule has 2 N–H and O–H groups in total. The van der Waals surface area contributed by atoms with Crippen LogP contribution in [0.3, 0.4) is 0 Å². The van der Waals surface area contributed by atoms with Gasteiger partial charge in [-0.25, -0.2) is 14.8 Å². The second-order valence-electron chi connectivity index (χ2n) is 6.35. The number of allylic oxidation sites excluding steroid dienone is 2. The molecule has 7 nitrogen and oxygen atoms in total. The first-order chi connectivity index (χ1) is 13.4. The van der Waals surface area contributed by atoms with Crippen LogP contribution < -0.4 is 0 Å². The summed E-state index contributed by atoms with van der Waals surface area (Å²) in [6.45, 7) is 0. The molecule has 0 aliphatic carbocycles. The van der Waals surface area contributed by atoms with Crippen LogP contribution in [0, 0.1) is 0 Å². The maximum atomic E-state index is 13.7. The highest BCUT2D eigenvalue weighted by molar-refractivity contribution is 7.15. The van der Waals surface area contributed by atoms with Crippen molar-refractivity contribution in [3.63, 3.8) is 0 Å². The summed E-state index contributed by atoms with van der Waals surface area (Å²) < 4.78 is 0.255. The summed E-state index contributed by atoms with van der Waals surface area (Å²) in [7, 11) is 0. The van der Waals surface area contributed by atoms with Crippen molar-refractivity contribution in [3.8, 4) is 0 Å². The number of fused-ring (bicyclic) bond motifs is 1. The maximum absolute atomic E-state index is 13.7. The van der Waals surface area contributed by atoms with E-state index in [0.29, 0.717) is 10.4 Å². The molecule has 2 aliphatic rings. The number of carboxylic acid groups (broad SMARTS) is 1. The SMILES string of the molecule is O=C(O)C1(O)N=C2C=CC=CN2C(=O)C1(Cc1cnc(Cl)s1)c1ccccc1. The van der Waals surface area contributed by atoms with Crippen LogP contribution in [0.5, 0.6) is 0 Å². The summed E-state index contributed by atoms with van der Waals surface area (Å²) in [5.74, 6) is -2.15. The first-order valence-corrected chi connectivity index (χ1v) is 9.48. The van der Waals surface area contributed by atoms with E-state index in [1.165, 1.54) is 23.4 Å². The Kier molecular flexibility index (Phi) is 4.41. The molecule has 9 heteroatoms. The zero-order valence-corrected chi connectivity index (χ0v) is 15.9. The molecule has 3 heterocycles. The lowest BCUT2D eigenvalue weighted by Gasteiger charge is -2.47. The van der Waals surface area contributed by atoms with Crippen LogP contribution in [0.2, 0.25) is 4.47 Å². The van der Waals surface area contributed by atoms with Crippen molar-refractivity contribution in [2.45, 2.75) is 17.6 Å². The van der Waals surface area contributed by atoms with E-state index in [4.69, 9.17) is 11.6 Å². The van der Waals surface area contributed by atoms with E-state index in [-0.39, 0.29) is 16.7 Å². The first kappa shape index (κ1) is 18.5. The summed E-state index contributed by atoms with van der Waals surface area (Å²) in [4.78, 5) is 35.9. The van der Waals surface area contributed by atoms with Gasteiger partial charge in [0.05, 0.1) is 0 Å². The van der Waals surface area contributed by atoms with Gasteiger partial charge in [0.25, 0.3) is 5.72 Å². The number of aliphatic imine (C=N–C) groups is 1. The van der Waals surface area contributed by atoms with Gasteiger partial charge in [0.15, 0.2) is 4.47 Å². The Hall–Kier alpha value is -2.81. The Balaban J connectivity index is 2.02. The molecule has 0 fully saturated rings. The number of carbonyl (C=O) groups is 2. The molecule has 0 saturated heterocycles. The Labute approximate surface area is 168 Å². The van der Waals surface area contributed by atoms with Crippen molar-refractivity contribution < 1.29 is 19.8 Å². The summed E-state index contributed by atoms with van der Waals surface area (Å²) in [6.07, 6.45) is 7.57. The average molecular weight is 416 g/mol. The molecule has 0 saturated carbocycles. The highest BCUT2D eigenvalue weighted by Crippen LogP contribution is 2.46. The number of thiazole rings is 1. The fraction of sp³-hybridized carbons (Fsp3) is 0.158. The minimum Gasteiger partial charge on any atom is -0.478 e. The Morgan fingerprint density at radius 2 is 2.00 bits per heavy atom. The number of aliphatic hydroxyl groups is 1. The van der Waals surface area contributed by atoms with Gasteiger partial charge < -0.3 is 10.2 Å². The fourth-order valence-electron chi connectivity index (χ4n) is 3.52. The van der Waals surface area contributed by atoms with Crippen molar-refractivity contribution in [1.82, 2.24) is 9.88 Å². The number of carboxylic acids is 1. The molecule has 0 radical (unpaired) electrons. The van der Waals surface area contributed by atoms with Crippen LogP contribution in [-0.2, 0) is 21.4 Å². The number of aliphatic carboxylic acids is 1. The van der Waals surface area contributed by atoms with Crippen molar-refractivity contribution >= 4 is 40.6 Å². The lowest BCUT2D eigenvalue weighted by Crippen LogP contribution is -2.68. The van der Waals surface area contributed by atoms with E-state index >= 15 is 0 Å². The second kappa shape index (κ2) is 6.66. The number of nitrogens with zero attached hydrogens (tertiary/aromatic N) is 3. The number of rotatable bonds is 4. The Morgan fingerprint density at radius 1 is 1.25 bits per heavy atom. The molecule has 2 aliphatic heterocycles. The van der Waals surface area contributed by atoms with E-state index in [0.717, 1.165) is 11.3 Å². The van der Waals surface area contributed by atoms with E-state index in [2.05, 4.69) is 9.98 Å². The van der Waals surface area contributed by atoms with Gasteiger partial charge in [0, 0.05) is 23.7 Å². The monoisotopic (exact) mass is 415 g/mol. The van der Waals surface area contributed by atoms with Gasteiger partial charge in [-0.2, -0.15) is 0 Å². The van der Waals surface area contributed by atoms with E-state index in [1.54, 1.807) is 42.5 Å². The predicted octanol–water partition coefficient (Wildman–Crippen LogP) is 2.37. The van der Waals surface area contributed by atoms with Crippen LogP contribution in [0.25, 0.3) is 0 Å². The quantitative estimate of drug-likeness (QED) is 0.798. The predicted molar refractivity (Wildman–Crippen MR) is 104 cm³/mol. The van der Waals surface area contributed by atoms with Gasteiger partial charge in [-0.05, 0) is 17.7 Å². The van der Waals surface area contributed by atoms with Gasteiger partial charge >= 0.3 is 5.97 Å². The average Bonchev–Trinajstić information content (AvgIpc) is 3.10. The molecule has 1 aromatic carbocycles. The number of aromatic nitrogens is 1. The van der Waals surface area contributed by atoms with Gasteiger partial charge in [0.2, 0.25) is 5.91 Å². The molecule has 4 rings (SSSR count). The van der Waals surface area contributed by atoms with Crippen LogP contribution in [0.15, 0.2) is 65.9 Å². The van der Waals surface area contributed by atoms with Crippen molar-refractivity contribution in [3.05, 3.63) is 75.9 Å². The summed E-state index contributed by atoms with van der Waals surface area (Å²) in [5.41, 5.74) is -4.29. The lowest BCUT2D eigenvalue weighted by molar-refractivity contribution is -0.174. The van der Waals surface area contributed by atoms with Crippen LogP contribution in [0.4, 0.5) is 0 Å². The molecule has 2 atom stereocenters. The molecule has 142 valence electrons. The van der Waals surface area contributed by atoms with Crippen molar-refractivity contribution in [2.75, 3.05) is 0 Å².